The van der Waals surface area contributed by atoms with E-state index in [2.05, 4.69) is 43.7 Å². The van der Waals surface area contributed by atoms with Gasteiger partial charge in [0.05, 0.1) is 11.4 Å². The first-order chi connectivity index (χ1) is 15.0. The number of carbonyl (C=O) groups excluding carboxylic acids is 1. The molecule has 7 nitrogen and oxygen atoms in total. The van der Waals surface area contributed by atoms with Gasteiger partial charge in [0.2, 0.25) is 0 Å². The monoisotopic (exact) mass is 436 g/mol. The molecule has 0 radical (unpaired) electrons. The number of thiophene rings is 1. The number of aryl methyl sites for hydroxylation is 2. The van der Waals surface area contributed by atoms with Crippen molar-refractivity contribution in [1.82, 2.24) is 20.6 Å². The standard InChI is InChI=1S/C23H28N6OS/c1-13-11-26-20-19(24)21(31-23(20)27-13)22(30)28-16-5-3-15-10-18(6-4-14(15)9-16)29-8-7-17(12-29)25-2/h4,6,10-11,16-17,25H,3,5,7-9,12,24H2,1-2H3,(H,28,30)/t16-,17-/m1/s1. The third kappa shape index (κ3) is 3.85. The van der Waals surface area contributed by atoms with Crippen LogP contribution in [0.4, 0.5) is 11.4 Å². The van der Waals surface area contributed by atoms with E-state index in [-0.39, 0.29) is 11.9 Å². The maximum atomic E-state index is 12.9. The molecule has 0 saturated carbocycles. The van der Waals surface area contributed by atoms with E-state index in [0.717, 1.165) is 38.0 Å². The molecule has 1 fully saturated rings. The highest BCUT2D eigenvalue weighted by Crippen LogP contribution is 2.32. The van der Waals surface area contributed by atoms with Gasteiger partial charge in [-0.1, -0.05) is 6.07 Å². The Balaban J connectivity index is 1.28. The molecule has 1 aliphatic carbocycles. The summed E-state index contributed by atoms with van der Waals surface area (Å²) in [4.78, 5) is 25.4. The van der Waals surface area contributed by atoms with Crippen molar-refractivity contribution >= 4 is 39.0 Å². The van der Waals surface area contributed by atoms with Gasteiger partial charge in [-0.25, -0.2) is 9.97 Å². The molecule has 8 heteroatoms. The number of nitrogens with zero attached hydrogens (tertiary/aromatic N) is 3. The largest absolute Gasteiger partial charge is 0.396 e. The molecule has 2 aliphatic rings. The predicted octanol–water partition coefficient (Wildman–Crippen LogP) is 2.67. The van der Waals surface area contributed by atoms with Crippen LogP contribution in [0.5, 0.6) is 0 Å². The number of rotatable bonds is 4. The SMILES string of the molecule is CN[C@@H]1CCN(c2ccc3c(c2)CC[C@@H](NC(=O)c2sc4nc(C)cnc4c2N)C3)C1. The van der Waals surface area contributed by atoms with Crippen molar-refractivity contribution in [3.8, 4) is 0 Å². The highest BCUT2D eigenvalue weighted by Gasteiger charge is 2.26. The quantitative estimate of drug-likeness (QED) is 0.582. The second kappa shape index (κ2) is 8.09. The van der Waals surface area contributed by atoms with Gasteiger partial charge in [0, 0.05) is 37.1 Å². The van der Waals surface area contributed by atoms with E-state index in [0.29, 0.717) is 27.0 Å². The molecule has 4 N–H and O–H groups in total. The number of nitrogen functional groups attached to an aromatic ring is 1. The Hall–Kier alpha value is -2.71. The summed E-state index contributed by atoms with van der Waals surface area (Å²) >= 11 is 1.32. The molecule has 31 heavy (non-hydrogen) atoms. The fourth-order valence-corrected chi connectivity index (χ4v) is 5.68. The number of benzene rings is 1. The van der Waals surface area contributed by atoms with Crippen molar-refractivity contribution in [2.75, 3.05) is 30.8 Å². The summed E-state index contributed by atoms with van der Waals surface area (Å²) in [7, 11) is 2.04. The molecule has 1 aliphatic heterocycles. The van der Waals surface area contributed by atoms with E-state index in [9.17, 15) is 4.79 Å². The Morgan fingerprint density at radius 2 is 2.13 bits per heavy atom. The van der Waals surface area contributed by atoms with Crippen LogP contribution in [0.25, 0.3) is 10.3 Å². The number of hydrogen-bond acceptors (Lipinski definition) is 7. The van der Waals surface area contributed by atoms with E-state index in [1.54, 1.807) is 6.20 Å². The van der Waals surface area contributed by atoms with Crippen molar-refractivity contribution in [3.63, 3.8) is 0 Å². The molecular weight excluding hydrogens is 408 g/mol. The van der Waals surface area contributed by atoms with E-state index in [1.165, 1.54) is 34.6 Å². The van der Waals surface area contributed by atoms with Gasteiger partial charge in [0.15, 0.2) is 0 Å². The highest BCUT2D eigenvalue weighted by atomic mass is 32.1. The van der Waals surface area contributed by atoms with Gasteiger partial charge in [-0.2, -0.15) is 0 Å². The number of likely N-dealkylation sites (N-methyl/N-ethyl adjacent to an activating group) is 1. The lowest BCUT2D eigenvalue weighted by Gasteiger charge is -2.27. The molecule has 1 aromatic carbocycles. The zero-order chi connectivity index (χ0) is 21.5. The Bertz CT molecular complexity index is 1140. The molecule has 0 unspecified atom stereocenters. The molecule has 1 amide bonds. The van der Waals surface area contributed by atoms with Gasteiger partial charge in [0.25, 0.3) is 5.91 Å². The van der Waals surface area contributed by atoms with Crippen LogP contribution >= 0.6 is 11.3 Å². The van der Waals surface area contributed by atoms with E-state index < -0.39 is 0 Å². The number of aromatic nitrogens is 2. The first kappa shape index (κ1) is 20.2. The van der Waals surface area contributed by atoms with E-state index in [4.69, 9.17) is 5.73 Å². The summed E-state index contributed by atoms with van der Waals surface area (Å²) in [6.45, 7) is 4.05. The molecule has 162 valence electrons. The van der Waals surface area contributed by atoms with Gasteiger partial charge in [-0.05, 0) is 62.9 Å². The van der Waals surface area contributed by atoms with Crippen molar-refractivity contribution in [1.29, 1.82) is 0 Å². The summed E-state index contributed by atoms with van der Waals surface area (Å²) in [6, 6.07) is 7.49. The number of carbonyl (C=O) groups is 1. The minimum atomic E-state index is -0.125. The zero-order valence-corrected chi connectivity index (χ0v) is 18.8. The van der Waals surface area contributed by atoms with Crippen LogP contribution in [0.15, 0.2) is 24.4 Å². The van der Waals surface area contributed by atoms with Crippen molar-refractivity contribution < 1.29 is 4.79 Å². The number of anilines is 2. The topological polar surface area (TPSA) is 96.2 Å². The van der Waals surface area contributed by atoms with Crippen LogP contribution in [0.2, 0.25) is 0 Å². The lowest BCUT2D eigenvalue weighted by Crippen LogP contribution is -2.38. The highest BCUT2D eigenvalue weighted by molar-refractivity contribution is 7.21. The summed E-state index contributed by atoms with van der Waals surface area (Å²) in [5.74, 6) is -0.125. The molecule has 0 bridgehead atoms. The average molecular weight is 437 g/mol. The van der Waals surface area contributed by atoms with Crippen molar-refractivity contribution in [2.24, 2.45) is 0 Å². The van der Waals surface area contributed by atoms with Crippen molar-refractivity contribution in [3.05, 3.63) is 46.1 Å². The molecule has 5 rings (SSSR count). The van der Waals surface area contributed by atoms with Crippen LogP contribution in [0.3, 0.4) is 0 Å². The molecule has 3 heterocycles. The zero-order valence-electron chi connectivity index (χ0n) is 17.9. The second-order valence-electron chi connectivity index (χ2n) is 8.60. The van der Waals surface area contributed by atoms with Gasteiger partial charge in [-0.15, -0.1) is 11.3 Å². The van der Waals surface area contributed by atoms with Crippen LogP contribution in [-0.4, -0.2) is 48.1 Å². The maximum absolute atomic E-state index is 12.9. The second-order valence-corrected chi connectivity index (χ2v) is 9.60. The predicted molar refractivity (Wildman–Crippen MR) is 126 cm³/mol. The molecule has 1 saturated heterocycles. The minimum Gasteiger partial charge on any atom is -0.396 e. The lowest BCUT2D eigenvalue weighted by atomic mass is 9.87. The lowest BCUT2D eigenvalue weighted by molar-refractivity contribution is 0.0938. The summed E-state index contributed by atoms with van der Waals surface area (Å²) in [6.07, 6.45) is 5.62. The van der Waals surface area contributed by atoms with Gasteiger partial charge in [-0.3, -0.25) is 4.79 Å². The normalized spacial score (nSPS) is 20.8. The molecule has 2 atom stereocenters. The number of nitrogens with two attached hydrogens (primary N) is 1. The number of nitrogens with one attached hydrogen (secondary N) is 2. The van der Waals surface area contributed by atoms with Crippen LogP contribution in [0.1, 0.15) is 39.3 Å². The Kier molecular flexibility index (Phi) is 5.27. The smallest absolute Gasteiger partial charge is 0.263 e. The Labute approximate surface area is 186 Å². The maximum Gasteiger partial charge on any atom is 0.263 e. The first-order valence-electron chi connectivity index (χ1n) is 10.9. The summed E-state index contributed by atoms with van der Waals surface area (Å²) < 4.78 is 0. The third-order valence-electron chi connectivity index (χ3n) is 6.48. The summed E-state index contributed by atoms with van der Waals surface area (Å²) in [5, 5.41) is 6.57. The number of amides is 1. The Morgan fingerprint density at radius 3 is 2.94 bits per heavy atom. The molecule has 3 aromatic rings. The fourth-order valence-electron chi connectivity index (χ4n) is 4.68. The molecule has 0 spiro atoms. The first-order valence-corrected chi connectivity index (χ1v) is 11.7. The average Bonchev–Trinajstić information content (AvgIpc) is 3.38. The van der Waals surface area contributed by atoms with E-state index in [1.807, 2.05) is 14.0 Å². The minimum absolute atomic E-state index is 0.110. The summed E-state index contributed by atoms with van der Waals surface area (Å²) in [5.41, 5.74) is 12.1. The van der Waals surface area contributed by atoms with Crippen LogP contribution in [0, 0.1) is 6.92 Å². The van der Waals surface area contributed by atoms with Gasteiger partial charge in [0.1, 0.15) is 15.2 Å². The fraction of sp³-hybridized carbons (Fsp3) is 0.435. The van der Waals surface area contributed by atoms with Crippen molar-refractivity contribution in [2.45, 2.75) is 44.7 Å². The van der Waals surface area contributed by atoms with Gasteiger partial charge < -0.3 is 21.3 Å². The molecule has 2 aromatic heterocycles. The van der Waals surface area contributed by atoms with Crippen LogP contribution in [-0.2, 0) is 12.8 Å². The van der Waals surface area contributed by atoms with E-state index >= 15 is 0 Å². The third-order valence-corrected chi connectivity index (χ3v) is 7.57. The Morgan fingerprint density at radius 1 is 1.26 bits per heavy atom. The molecular formula is C23H28N6OS. The number of hydrogen-bond donors (Lipinski definition) is 3. The number of fused-ring (bicyclic) bond motifs is 2. The van der Waals surface area contributed by atoms with Crippen LogP contribution < -0.4 is 21.3 Å². The van der Waals surface area contributed by atoms with Gasteiger partial charge >= 0.3 is 0 Å².